The van der Waals surface area contributed by atoms with Gasteiger partial charge in [-0.1, -0.05) is 39.3 Å². The minimum Gasteiger partial charge on any atom is -0.317 e. The van der Waals surface area contributed by atoms with Crippen LogP contribution >= 0.6 is 15.9 Å². The van der Waals surface area contributed by atoms with E-state index in [1.54, 1.807) is 0 Å². The van der Waals surface area contributed by atoms with E-state index in [1.165, 1.54) is 25.3 Å². The van der Waals surface area contributed by atoms with Crippen LogP contribution in [0.3, 0.4) is 0 Å². The van der Waals surface area contributed by atoms with Crippen LogP contribution in [0.4, 0.5) is 4.39 Å². The summed E-state index contributed by atoms with van der Waals surface area (Å²) in [6, 6.07) is 5.92. The van der Waals surface area contributed by atoms with Gasteiger partial charge in [0.15, 0.2) is 0 Å². The summed E-state index contributed by atoms with van der Waals surface area (Å²) in [6.45, 7) is 7.00. The first-order valence-electron chi connectivity index (χ1n) is 7.95. The minimum absolute atomic E-state index is 0.157. The first-order valence-corrected chi connectivity index (χ1v) is 8.74. The Bertz CT molecular complexity index is 486. The molecule has 0 aliphatic heterocycles. The lowest BCUT2D eigenvalue weighted by molar-refractivity contribution is 0.0978. The van der Waals surface area contributed by atoms with E-state index in [9.17, 15) is 4.39 Å². The van der Waals surface area contributed by atoms with Crippen molar-refractivity contribution in [2.75, 3.05) is 7.05 Å². The molecule has 1 aromatic carbocycles. The number of benzene rings is 1. The minimum atomic E-state index is -0.161. The third-order valence-corrected chi connectivity index (χ3v) is 6.05. The Morgan fingerprint density at radius 1 is 1.33 bits per heavy atom. The number of hydrogen-bond donors (Lipinski definition) is 1. The lowest BCUT2D eigenvalue weighted by atomic mass is 9.64. The maximum absolute atomic E-state index is 13.7. The summed E-state index contributed by atoms with van der Waals surface area (Å²) in [5.41, 5.74) is 1.23. The molecule has 0 aromatic heterocycles. The molecule has 3 atom stereocenters. The van der Waals surface area contributed by atoms with Crippen molar-refractivity contribution in [1.82, 2.24) is 5.32 Å². The van der Waals surface area contributed by atoms with Gasteiger partial charge in [-0.15, -0.1) is 0 Å². The maximum atomic E-state index is 13.7. The van der Waals surface area contributed by atoms with Crippen molar-refractivity contribution >= 4 is 15.9 Å². The Labute approximate surface area is 136 Å². The average molecular weight is 356 g/mol. The summed E-state index contributed by atoms with van der Waals surface area (Å²) in [7, 11) is 2.07. The molecule has 0 spiro atoms. The van der Waals surface area contributed by atoms with Gasteiger partial charge in [-0.05, 0) is 71.1 Å². The van der Waals surface area contributed by atoms with E-state index in [0.29, 0.717) is 16.4 Å². The van der Waals surface area contributed by atoms with Crippen LogP contribution < -0.4 is 5.32 Å². The summed E-state index contributed by atoms with van der Waals surface area (Å²) in [5, 5.41) is 3.52. The molecule has 1 N–H and O–H groups in total. The Kier molecular flexibility index (Phi) is 5.48. The third kappa shape index (κ3) is 3.87. The molecule has 3 unspecified atom stereocenters. The van der Waals surface area contributed by atoms with E-state index in [2.05, 4.69) is 49.1 Å². The average Bonchev–Trinajstić information content (AvgIpc) is 2.43. The molecule has 1 aliphatic rings. The van der Waals surface area contributed by atoms with Gasteiger partial charge in [-0.3, -0.25) is 0 Å². The zero-order valence-electron chi connectivity index (χ0n) is 13.5. The van der Waals surface area contributed by atoms with Crippen LogP contribution in [0.5, 0.6) is 0 Å². The normalized spacial score (nSPS) is 26.9. The van der Waals surface area contributed by atoms with Crippen LogP contribution in [0.1, 0.15) is 45.6 Å². The lowest BCUT2D eigenvalue weighted by Crippen LogP contribution is -2.46. The first kappa shape index (κ1) is 17.0. The third-order valence-electron chi connectivity index (χ3n) is 5.16. The summed E-state index contributed by atoms with van der Waals surface area (Å²) < 4.78 is 14.4. The van der Waals surface area contributed by atoms with Gasteiger partial charge in [0.25, 0.3) is 0 Å². The van der Waals surface area contributed by atoms with Crippen molar-refractivity contribution < 1.29 is 4.39 Å². The quantitative estimate of drug-likeness (QED) is 0.784. The monoisotopic (exact) mass is 355 g/mol. The first-order chi connectivity index (χ1) is 9.85. The molecule has 118 valence electrons. The van der Waals surface area contributed by atoms with Crippen LogP contribution in [0.15, 0.2) is 22.7 Å². The molecular formula is C18H27BrFN. The van der Waals surface area contributed by atoms with E-state index in [-0.39, 0.29) is 11.2 Å². The van der Waals surface area contributed by atoms with Gasteiger partial charge < -0.3 is 5.32 Å². The predicted octanol–water partition coefficient (Wildman–Crippen LogP) is 5.18. The van der Waals surface area contributed by atoms with Crippen LogP contribution in [0, 0.1) is 23.1 Å². The van der Waals surface area contributed by atoms with Crippen molar-refractivity contribution in [2.24, 2.45) is 17.3 Å². The number of halogens is 2. The van der Waals surface area contributed by atoms with Crippen molar-refractivity contribution in [1.29, 1.82) is 0 Å². The highest BCUT2D eigenvalue weighted by molar-refractivity contribution is 9.10. The van der Waals surface area contributed by atoms with E-state index in [0.717, 1.165) is 17.9 Å². The van der Waals surface area contributed by atoms with E-state index < -0.39 is 0 Å². The van der Waals surface area contributed by atoms with Crippen LogP contribution in [0.25, 0.3) is 0 Å². The highest BCUT2D eigenvalue weighted by Gasteiger charge is 2.38. The molecule has 0 heterocycles. The second-order valence-electron chi connectivity index (χ2n) is 7.30. The van der Waals surface area contributed by atoms with Gasteiger partial charge in [-0.2, -0.15) is 0 Å². The Hall–Kier alpha value is -0.410. The highest BCUT2D eigenvalue weighted by atomic mass is 79.9. The van der Waals surface area contributed by atoms with Gasteiger partial charge >= 0.3 is 0 Å². The summed E-state index contributed by atoms with van der Waals surface area (Å²) >= 11 is 3.41. The van der Waals surface area contributed by atoms with Crippen molar-refractivity contribution in [3.63, 3.8) is 0 Å². The zero-order valence-corrected chi connectivity index (χ0v) is 15.1. The molecule has 0 bridgehead atoms. The molecule has 0 amide bonds. The molecule has 1 aliphatic carbocycles. The number of rotatable bonds is 4. The second kappa shape index (κ2) is 6.78. The van der Waals surface area contributed by atoms with E-state index in [4.69, 9.17) is 0 Å². The molecule has 1 aromatic rings. The van der Waals surface area contributed by atoms with Crippen LogP contribution in [-0.2, 0) is 6.42 Å². The molecule has 0 radical (unpaired) electrons. The van der Waals surface area contributed by atoms with E-state index >= 15 is 0 Å². The van der Waals surface area contributed by atoms with Crippen LogP contribution in [0.2, 0.25) is 0 Å². The fourth-order valence-electron chi connectivity index (χ4n) is 3.94. The van der Waals surface area contributed by atoms with Gasteiger partial charge in [-0.25, -0.2) is 4.39 Å². The van der Waals surface area contributed by atoms with Crippen molar-refractivity contribution in [2.45, 2.75) is 52.5 Å². The Balaban J connectivity index is 2.18. The van der Waals surface area contributed by atoms with Crippen LogP contribution in [-0.4, -0.2) is 13.1 Å². The highest BCUT2D eigenvalue weighted by Crippen LogP contribution is 2.43. The summed E-state index contributed by atoms with van der Waals surface area (Å²) in [6.07, 6.45) is 4.71. The van der Waals surface area contributed by atoms with Gasteiger partial charge in [0.05, 0.1) is 4.47 Å². The Morgan fingerprint density at radius 2 is 2.05 bits per heavy atom. The molecular weight excluding hydrogens is 329 g/mol. The summed E-state index contributed by atoms with van der Waals surface area (Å²) in [5.74, 6) is 1.27. The van der Waals surface area contributed by atoms with Gasteiger partial charge in [0, 0.05) is 6.04 Å². The standard InChI is InChI=1S/C18H27BrFN/c1-12-8-9-14(16(10-12)21-4)18(2,3)11-13-6-5-7-15(20)17(13)19/h5-7,12,14,16,21H,8-11H2,1-4H3. The molecule has 1 nitrogen and oxygen atoms in total. The molecule has 21 heavy (non-hydrogen) atoms. The molecule has 1 saturated carbocycles. The zero-order chi connectivity index (χ0) is 15.6. The molecule has 3 heteroatoms. The topological polar surface area (TPSA) is 12.0 Å². The largest absolute Gasteiger partial charge is 0.317 e. The fraction of sp³-hybridized carbons (Fsp3) is 0.667. The predicted molar refractivity (Wildman–Crippen MR) is 90.9 cm³/mol. The maximum Gasteiger partial charge on any atom is 0.137 e. The molecule has 2 rings (SSSR count). The van der Waals surface area contributed by atoms with E-state index in [1.807, 2.05) is 12.1 Å². The SMILES string of the molecule is CNC1CC(C)CCC1C(C)(C)Cc1cccc(F)c1Br. The van der Waals surface area contributed by atoms with Gasteiger partial charge in [0.1, 0.15) is 5.82 Å². The smallest absolute Gasteiger partial charge is 0.137 e. The fourth-order valence-corrected chi connectivity index (χ4v) is 4.35. The van der Waals surface area contributed by atoms with Crippen molar-refractivity contribution in [3.05, 3.63) is 34.1 Å². The van der Waals surface area contributed by atoms with Gasteiger partial charge in [0.2, 0.25) is 0 Å². The lowest BCUT2D eigenvalue weighted by Gasteiger charge is -2.44. The Morgan fingerprint density at radius 3 is 2.71 bits per heavy atom. The number of hydrogen-bond acceptors (Lipinski definition) is 1. The number of nitrogens with one attached hydrogen (secondary N) is 1. The second-order valence-corrected chi connectivity index (χ2v) is 8.09. The summed E-state index contributed by atoms with van der Waals surface area (Å²) in [4.78, 5) is 0. The molecule has 0 saturated heterocycles. The molecule has 1 fully saturated rings. The van der Waals surface area contributed by atoms with Crippen molar-refractivity contribution in [3.8, 4) is 0 Å².